The van der Waals surface area contributed by atoms with Crippen LogP contribution in [-0.4, -0.2) is 31.4 Å². The van der Waals surface area contributed by atoms with Crippen LogP contribution in [0.2, 0.25) is 0 Å². The van der Waals surface area contributed by atoms with Gasteiger partial charge in [-0.05, 0) is 35.4 Å². The first-order valence-corrected chi connectivity index (χ1v) is 7.82. The number of benzene rings is 2. The summed E-state index contributed by atoms with van der Waals surface area (Å²) in [5, 5.41) is 10.9. The highest BCUT2D eigenvalue weighted by atomic mass is 16.6. The van der Waals surface area contributed by atoms with Gasteiger partial charge in [0, 0.05) is 12.7 Å². The minimum absolute atomic E-state index is 0.118. The molecule has 4 nitrogen and oxygen atoms in total. The first-order chi connectivity index (χ1) is 11.2. The first-order valence-electron chi connectivity index (χ1n) is 7.82. The number of aliphatic hydroxyl groups is 1. The second kappa shape index (κ2) is 5.63. The van der Waals surface area contributed by atoms with Gasteiger partial charge in [0.25, 0.3) is 0 Å². The summed E-state index contributed by atoms with van der Waals surface area (Å²) in [4.78, 5) is 2.08. The molecule has 1 aliphatic carbocycles. The molecule has 1 N–H and O–H groups in total. The lowest BCUT2D eigenvalue weighted by Crippen LogP contribution is -2.37. The number of para-hydroxylation sites is 1. The van der Waals surface area contributed by atoms with Gasteiger partial charge in [0.05, 0.1) is 6.04 Å². The van der Waals surface area contributed by atoms with Crippen LogP contribution in [0.1, 0.15) is 17.2 Å². The van der Waals surface area contributed by atoms with Gasteiger partial charge in [-0.15, -0.1) is 0 Å². The van der Waals surface area contributed by atoms with Gasteiger partial charge < -0.3 is 19.5 Å². The summed E-state index contributed by atoms with van der Waals surface area (Å²) >= 11 is 0. The Bertz CT molecular complexity index is 742. The highest BCUT2D eigenvalue weighted by Gasteiger charge is 2.29. The van der Waals surface area contributed by atoms with Crippen molar-refractivity contribution in [2.24, 2.45) is 0 Å². The molecule has 1 aliphatic heterocycles. The number of rotatable bonds is 2. The van der Waals surface area contributed by atoms with Gasteiger partial charge in [-0.3, -0.25) is 0 Å². The molecule has 2 aromatic rings. The molecule has 2 aliphatic rings. The fraction of sp³-hybridized carbons (Fsp3) is 0.263. The molecule has 0 amide bonds. The summed E-state index contributed by atoms with van der Waals surface area (Å²) in [5.74, 6) is 1.46. The van der Waals surface area contributed by atoms with Crippen molar-refractivity contribution in [2.45, 2.75) is 12.1 Å². The Morgan fingerprint density at radius 1 is 1.04 bits per heavy atom. The summed E-state index contributed by atoms with van der Waals surface area (Å²) in [6, 6.07) is 13.8. The van der Waals surface area contributed by atoms with Crippen LogP contribution in [0.15, 0.2) is 48.5 Å². The van der Waals surface area contributed by atoms with Crippen molar-refractivity contribution in [3.63, 3.8) is 0 Å². The SMILES string of the molecule is CN(c1ccccc1)[C@H]1C=Cc2cc3c(cc2[C@@H]1O)OCCO3. The monoisotopic (exact) mass is 309 g/mol. The zero-order chi connectivity index (χ0) is 15.8. The standard InChI is InChI=1S/C19H19NO3/c1-20(14-5-3-2-4-6-14)16-8-7-13-11-17-18(23-10-9-22-17)12-15(13)19(16)21/h2-8,11-12,16,19,21H,9-10H2,1H3/t16-,19-/m0/s1. The van der Waals surface area contributed by atoms with Crippen LogP contribution in [0.4, 0.5) is 5.69 Å². The van der Waals surface area contributed by atoms with Gasteiger partial charge in [-0.1, -0.05) is 30.4 Å². The van der Waals surface area contributed by atoms with Gasteiger partial charge in [0.2, 0.25) is 0 Å². The smallest absolute Gasteiger partial charge is 0.161 e. The average molecular weight is 309 g/mol. The van der Waals surface area contributed by atoms with Crippen LogP contribution >= 0.6 is 0 Å². The van der Waals surface area contributed by atoms with Crippen LogP contribution in [0.5, 0.6) is 11.5 Å². The maximum atomic E-state index is 10.9. The number of anilines is 1. The Kier molecular flexibility index (Phi) is 3.46. The summed E-state index contributed by atoms with van der Waals surface area (Å²) < 4.78 is 11.3. The van der Waals surface area contributed by atoms with Crippen LogP contribution in [0.25, 0.3) is 6.08 Å². The molecule has 0 radical (unpaired) electrons. The Morgan fingerprint density at radius 2 is 1.74 bits per heavy atom. The van der Waals surface area contributed by atoms with E-state index in [4.69, 9.17) is 9.47 Å². The van der Waals surface area contributed by atoms with Crippen molar-refractivity contribution in [1.82, 2.24) is 0 Å². The zero-order valence-electron chi connectivity index (χ0n) is 13.0. The predicted octanol–water partition coefficient (Wildman–Crippen LogP) is 3.02. The third-order valence-corrected chi connectivity index (χ3v) is 4.47. The summed E-state index contributed by atoms with van der Waals surface area (Å²) in [5.41, 5.74) is 2.94. The molecule has 0 saturated carbocycles. The third kappa shape index (κ3) is 2.45. The summed E-state index contributed by atoms with van der Waals surface area (Å²) in [6.45, 7) is 1.11. The average Bonchev–Trinajstić information content (AvgIpc) is 2.61. The van der Waals surface area contributed by atoms with E-state index in [0.29, 0.717) is 19.0 Å². The molecular formula is C19H19NO3. The van der Waals surface area contributed by atoms with Crippen LogP contribution < -0.4 is 14.4 Å². The quantitative estimate of drug-likeness (QED) is 0.926. The maximum absolute atomic E-state index is 10.9. The molecule has 0 bridgehead atoms. The van der Waals surface area contributed by atoms with E-state index >= 15 is 0 Å². The van der Waals surface area contributed by atoms with Gasteiger partial charge in [-0.2, -0.15) is 0 Å². The lowest BCUT2D eigenvalue weighted by Gasteiger charge is -2.35. The molecule has 0 unspecified atom stereocenters. The first kappa shape index (κ1) is 14.2. The molecule has 0 aromatic heterocycles. The molecule has 118 valence electrons. The molecule has 0 fully saturated rings. The molecule has 2 atom stereocenters. The van der Waals surface area contributed by atoms with Crippen molar-refractivity contribution in [3.05, 3.63) is 59.7 Å². The van der Waals surface area contributed by atoms with Crippen LogP contribution in [-0.2, 0) is 0 Å². The minimum Gasteiger partial charge on any atom is -0.486 e. The summed E-state index contributed by atoms with van der Waals surface area (Å²) in [6.07, 6.45) is 3.47. The van der Waals surface area contributed by atoms with Crippen molar-refractivity contribution in [2.75, 3.05) is 25.2 Å². The van der Waals surface area contributed by atoms with Crippen molar-refractivity contribution in [1.29, 1.82) is 0 Å². The normalized spacial score (nSPS) is 21.7. The van der Waals surface area contributed by atoms with Crippen LogP contribution in [0, 0.1) is 0 Å². The highest BCUT2D eigenvalue weighted by molar-refractivity contribution is 5.66. The molecule has 2 aromatic carbocycles. The number of ether oxygens (including phenoxy) is 2. The fourth-order valence-corrected chi connectivity index (χ4v) is 3.19. The molecular weight excluding hydrogens is 290 g/mol. The number of likely N-dealkylation sites (N-methyl/N-ethyl adjacent to an activating group) is 1. The van der Waals surface area contributed by atoms with Crippen molar-refractivity contribution < 1.29 is 14.6 Å². The maximum Gasteiger partial charge on any atom is 0.161 e. The lowest BCUT2D eigenvalue weighted by molar-refractivity contribution is 0.153. The Balaban J connectivity index is 1.68. The number of fused-ring (bicyclic) bond motifs is 2. The Hall–Kier alpha value is -2.46. The van der Waals surface area contributed by atoms with E-state index in [2.05, 4.69) is 4.90 Å². The van der Waals surface area contributed by atoms with E-state index in [0.717, 1.165) is 22.6 Å². The van der Waals surface area contributed by atoms with E-state index in [9.17, 15) is 5.11 Å². The largest absolute Gasteiger partial charge is 0.486 e. The van der Waals surface area contributed by atoms with Crippen LogP contribution in [0.3, 0.4) is 0 Å². The molecule has 23 heavy (non-hydrogen) atoms. The molecule has 4 heteroatoms. The summed E-state index contributed by atoms with van der Waals surface area (Å²) in [7, 11) is 2.00. The van der Waals surface area contributed by atoms with Gasteiger partial charge in [0.15, 0.2) is 11.5 Å². The number of aliphatic hydroxyl groups excluding tert-OH is 1. The number of hydrogen-bond donors (Lipinski definition) is 1. The second-order valence-corrected chi connectivity index (χ2v) is 5.87. The zero-order valence-corrected chi connectivity index (χ0v) is 13.0. The van der Waals surface area contributed by atoms with E-state index in [1.165, 1.54) is 0 Å². The fourth-order valence-electron chi connectivity index (χ4n) is 3.19. The van der Waals surface area contributed by atoms with Crippen molar-refractivity contribution >= 4 is 11.8 Å². The molecule has 0 spiro atoms. The van der Waals surface area contributed by atoms with E-state index < -0.39 is 6.10 Å². The number of hydrogen-bond acceptors (Lipinski definition) is 4. The van der Waals surface area contributed by atoms with Gasteiger partial charge >= 0.3 is 0 Å². The molecule has 0 saturated heterocycles. The van der Waals surface area contributed by atoms with Gasteiger partial charge in [0.1, 0.15) is 19.3 Å². The highest BCUT2D eigenvalue weighted by Crippen LogP contribution is 2.40. The molecule has 1 heterocycles. The van der Waals surface area contributed by atoms with Gasteiger partial charge in [-0.25, -0.2) is 0 Å². The third-order valence-electron chi connectivity index (χ3n) is 4.47. The van der Waals surface area contributed by atoms with E-state index in [1.54, 1.807) is 0 Å². The minimum atomic E-state index is -0.615. The molecule has 4 rings (SSSR count). The van der Waals surface area contributed by atoms with Crippen molar-refractivity contribution in [3.8, 4) is 11.5 Å². The lowest BCUT2D eigenvalue weighted by atomic mass is 9.90. The number of nitrogens with zero attached hydrogens (tertiary/aromatic N) is 1. The topological polar surface area (TPSA) is 41.9 Å². The van der Waals surface area contributed by atoms with E-state index in [-0.39, 0.29) is 6.04 Å². The van der Waals surface area contributed by atoms with E-state index in [1.807, 2.05) is 61.7 Å². The Labute approximate surface area is 135 Å². The Morgan fingerprint density at radius 3 is 2.48 bits per heavy atom. The second-order valence-electron chi connectivity index (χ2n) is 5.87. The predicted molar refractivity (Wildman–Crippen MR) is 90.1 cm³/mol.